The quantitative estimate of drug-likeness (QED) is 0.823. The van der Waals surface area contributed by atoms with Crippen molar-refractivity contribution in [2.24, 2.45) is 0 Å². The summed E-state index contributed by atoms with van der Waals surface area (Å²) in [6.45, 7) is 1.02. The number of hydrogen-bond donors (Lipinski definition) is 0. The zero-order valence-electron chi connectivity index (χ0n) is 10.4. The molecule has 4 heteroatoms. The number of methoxy groups -OCH3 is 1. The van der Waals surface area contributed by atoms with Crippen LogP contribution in [0.5, 0.6) is 0 Å². The van der Waals surface area contributed by atoms with Gasteiger partial charge >= 0.3 is 0 Å². The van der Waals surface area contributed by atoms with Crippen molar-refractivity contribution < 1.29 is 18.7 Å². The van der Waals surface area contributed by atoms with Gasteiger partial charge in [0.25, 0.3) is 0 Å². The first-order chi connectivity index (χ1) is 8.68. The Morgan fingerprint density at radius 2 is 2.06 bits per heavy atom. The molecule has 1 aromatic rings. The summed E-state index contributed by atoms with van der Waals surface area (Å²) in [4.78, 5) is 12.3. The SMILES string of the molecule is COC1(C(=O)Cc2ccccc2F)CCOCC1. The van der Waals surface area contributed by atoms with Crippen LogP contribution >= 0.6 is 0 Å². The Kier molecular flexibility index (Phi) is 4.09. The van der Waals surface area contributed by atoms with Gasteiger partial charge < -0.3 is 9.47 Å². The van der Waals surface area contributed by atoms with Crippen LogP contribution in [0.15, 0.2) is 24.3 Å². The standard InChI is InChI=1S/C14H17FO3/c1-17-14(6-8-18-9-7-14)13(16)10-11-4-2-3-5-12(11)15/h2-5H,6-10H2,1H3. The third-order valence-electron chi connectivity index (χ3n) is 3.51. The zero-order chi connectivity index (χ0) is 13.0. The number of hydrogen-bond acceptors (Lipinski definition) is 3. The van der Waals surface area contributed by atoms with E-state index in [4.69, 9.17) is 9.47 Å². The van der Waals surface area contributed by atoms with Crippen molar-refractivity contribution in [2.45, 2.75) is 24.9 Å². The Morgan fingerprint density at radius 1 is 1.39 bits per heavy atom. The fraction of sp³-hybridized carbons (Fsp3) is 0.500. The van der Waals surface area contributed by atoms with Crippen LogP contribution in [0, 0.1) is 5.82 Å². The van der Waals surface area contributed by atoms with Gasteiger partial charge in [-0.05, 0) is 11.6 Å². The molecule has 1 heterocycles. The maximum atomic E-state index is 13.5. The van der Waals surface area contributed by atoms with Gasteiger partial charge in [0.15, 0.2) is 5.78 Å². The highest BCUT2D eigenvalue weighted by Gasteiger charge is 2.39. The van der Waals surface area contributed by atoms with Crippen molar-refractivity contribution >= 4 is 5.78 Å². The molecule has 1 aliphatic heterocycles. The number of carbonyl (C=O) groups excluding carboxylic acids is 1. The molecule has 1 saturated heterocycles. The largest absolute Gasteiger partial charge is 0.381 e. The van der Waals surface area contributed by atoms with Gasteiger partial charge in [-0.3, -0.25) is 4.79 Å². The molecule has 18 heavy (non-hydrogen) atoms. The van der Waals surface area contributed by atoms with Gasteiger partial charge in [0.05, 0.1) is 0 Å². The molecule has 2 rings (SSSR count). The van der Waals surface area contributed by atoms with E-state index in [0.717, 1.165) is 0 Å². The van der Waals surface area contributed by atoms with E-state index in [1.54, 1.807) is 18.2 Å². The van der Waals surface area contributed by atoms with Gasteiger partial charge in [-0.2, -0.15) is 0 Å². The highest BCUT2D eigenvalue weighted by Crippen LogP contribution is 2.27. The van der Waals surface area contributed by atoms with E-state index < -0.39 is 5.60 Å². The second-order valence-electron chi connectivity index (χ2n) is 4.50. The summed E-state index contributed by atoms with van der Waals surface area (Å²) in [5.41, 5.74) is -0.383. The van der Waals surface area contributed by atoms with E-state index in [1.165, 1.54) is 13.2 Å². The van der Waals surface area contributed by atoms with Gasteiger partial charge in [-0.1, -0.05) is 18.2 Å². The van der Waals surface area contributed by atoms with Crippen LogP contribution < -0.4 is 0 Å². The highest BCUT2D eigenvalue weighted by atomic mass is 19.1. The van der Waals surface area contributed by atoms with Crippen LogP contribution in [0.25, 0.3) is 0 Å². The Balaban J connectivity index is 2.13. The molecule has 1 aromatic carbocycles. The van der Waals surface area contributed by atoms with Gasteiger partial charge in [-0.25, -0.2) is 4.39 Å². The molecule has 0 atom stereocenters. The lowest BCUT2D eigenvalue weighted by molar-refractivity contribution is -0.152. The molecular weight excluding hydrogens is 235 g/mol. The summed E-state index contributed by atoms with van der Waals surface area (Å²) in [6, 6.07) is 6.35. The van der Waals surface area contributed by atoms with E-state index >= 15 is 0 Å². The maximum absolute atomic E-state index is 13.5. The molecule has 0 unspecified atom stereocenters. The number of halogens is 1. The number of rotatable bonds is 4. The maximum Gasteiger partial charge on any atom is 0.169 e. The van der Waals surface area contributed by atoms with Crippen molar-refractivity contribution in [1.29, 1.82) is 0 Å². The Morgan fingerprint density at radius 3 is 2.67 bits per heavy atom. The van der Waals surface area contributed by atoms with Crippen LogP contribution in [0.4, 0.5) is 4.39 Å². The lowest BCUT2D eigenvalue weighted by atomic mass is 9.86. The summed E-state index contributed by atoms with van der Waals surface area (Å²) >= 11 is 0. The minimum atomic E-state index is -0.805. The Bertz CT molecular complexity index is 425. The molecule has 0 N–H and O–H groups in total. The summed E-state index contributed by atoms with van der Waals surface area (Å²) in [6.07, 6.45) is 1.15. The minimum Gasteiger partial charge on any atom is -0.381 e. The molecular formula is C14H17FO3. The van der Waals surface area contributed by atoms with Gasteiger partial charge in [0, 0.05) is 39.6 Å². The lowest BCUT2D eigenvalue weighted by Gasteiger charge is -2.34. The molecule has 3 nitrogen and oxygen atoms in total. The first-order valence-corrected chi connectivity index (χ1v) is 6.07. The molecule has 0 bridgehead atoms. The molecule has 0 radical (unpaired) electrons. The molecule has 0 spiro atoms. The number of benzene rings is 1. The van der Waals surface area contributed by atoms with Crippen LogP contribution in [-0.4, -0.2) is 31.7 Å². The Labute approximate surface area is 106 Å². The van der Waals surface area contributed by atoms with E-state index in [0.29, 0.717) is 31.6 Å². The second kappa shape index (κ2) is 5.59. The van der Waals surface area contributed by atoms with E-state index in [1.807, 2.05) is 0 Å². The van der Waals surface area contributed by atoms with Crippen molar-refractivity contribution in [2.75, 3.05) is 20.3 Å². The average molecular weight is 252 g/mol. The predicted molar refractivity (Wildman–Crippen MR) is 64.9 cm³/mol. The third-order valence-corrected chi connectivity index (χ3v) is 3.51. The van der Waals surface area contributed by atoms with E-state index in [9.17, 15) is 9.18 Å². The normalized spacial score (nSPS) is 18.6. The summed E-state index contributed by atoms with van der Waals surface area (Å²) in [5, 5.41) is 0. The third kappa shape index (κ3) is 2.60. The van der Waals surface area contributed by atoms with Crippen molar-refractivity contribution in [3.63, 3.8) is 0 Å². The van der Waals surface area contributed by atoms with E-state index in [2.05, 4.69) is 0 Å². The lowest BCUT2D eigenvalue weighted by Crippen LogP contribution is -2.46. The van der Waals surface area contributed by atoms with Gasteiger partial charge in [0.1, 0.15) is 11.4 Å². The second-order valence-corrected chi connectivity index (χ2v) is 4.50. The van der Waals surface area contributed by atoms with Crippen molar-refractivity contribution in [3.05, 3.63) is 35.6 Å². The van der Waals surface area contributed by atoms with Crippen LogP contribution in [0.3, 0.4) is 0 Å². The van der Waals surface area contributed by atoms with Gasteiger partial charge in [0.2, 0.25) is 0 Å². The van der Waals surface area contributed by atoms with E-state index in [-0.39, 0.29) is 18.0 Å². The first kappa shape index (κ1) is 13.2. The minimum absolute atomic E-state index is 0.0700. The zero-order valence-corrected chi connectivity index (χ0v) is 10.4. The molecule has 0 aromatic heterocycles. The molecule has 1 aliphatic rings. The summed E-state index contributed by atoms with van der Waals surface area (Å²) in [7, 11) is 1.53. The molecule has 0 saturated carbocycles. The van der Waals surface area contributed by atoms with Crippen LogP contribution in [0.2, 0.25) is 0 Å². The predicted octanol–water partition coefficient (Wildman–Crippen LogP) is 2.13. The Hall–Kier alpha value is -1.26. The number of ether oxygens (including phenoxy) is 2. The number of carbonyl (C=O) groups is 1. The molecule has 0 aliphatic carbocycles. The molecule has 0 amide bonds. The summed E-state index contributed by atoms with van der Waals surface area (Å²) < 4.78 is 24.2. The molecule has 98 valence electrons. The fourth-order valence-electron chi connectivity index (χ4n) is 2.27. The monoisotopic (exact) mass is 252 g/mol. The van der Waals surface area contributed by atoms with Crippen molar-refractivity contribution in [1.82, 2.24) is 0 Å². The highest BCUT2D eigenvalue weighted by molar-refractivity contribution is 5.89. The fourth-order valence-corrected chi connectivity index (χ4v) is 2.27. The number of ketones is 1. The topological polar surface area (TPSA) is 35.5 Å². The smallest absolute Gasteiger partial charge is 0.169 e. The van der Waals surface area contributed by atoms with Crippen LogP contribution in [0.1, 0.15) is 18.4 Å². The van der Waals surface area contributed by atoms with Crippen molar-refractivity contribution in [3.8, 4) is 0 Å². The number of Topliss-reactive ketones (excluding diaryl/α,β-unsaturated/α-hetero) is 1. The average Bonchev–Trinajstić information content (AvgIpc) is 2.42. The van der Waals surface area contributed by atoms with Crippen LogP contribution in [-0.2, 0) is 20.7 Å². The van der Waals surface area contributed by atoms with Gasteiger partial charge in [-0.15, -0.1) is 0 Å². The summed E-state index contributed by atoms with van der Waals surface area (Å²) in [5.74, 6) is -0.414. The molecule has 1 fully saturated rings. The first-order valence-electron chi connectivity index (χ1n) is 6.07.